The number of rotatable bonds is 4. The number of aryl methyl sites for hydroxylation is 1. The molecule has 0 bridgehead atoms. The van der Waals surface area contributed by atoms with Gasteiger partial charge >= 0.3 is 0 Å². The highest BCUT2D eigenvalue weighted by Gasteiger charge is 2.21. The van der Waals surface area contributed by atoms with Gasteiger partial charge in [-0.15, -0.1) is 0 Å². The lowest BCUT2D eigenvalue weighted by atomic mass is 10.1. The molecule has 0 atom stereocenters. The second-order valence-corrected chi connectivity index (χ2v) is 6.74. The van der Waals surface area contributed by atoms with E-state index in [0.29, 0.717) is 11.7 Å². The minimum absolute atomic E-state index is 0.495. The Kier molecular flexibility index (Phi) is 4.67. The van der Waals surface area contributed by atoms with E-state index < -0.39 is 0 Å². The van der Waals surface area contributed by atoms with Gasteiger partial charge in [-0.25, -0.2) is 19.9 Å². The molecule has 0 radical (unpaired) electrons. The molecule has 0 saturated carbocycles. The first-order valence-electron chi connectivity index (χ1n) is 8.54. The summed E-state index contributed by atoms with van der Waals surface area (Å²) in [7, 11) is 0. The summed E-state index contributed by atoms with van der Waals surface area (Å²) in [6.45, 7) is 4.33. The Labute approximate surface area is 157 Å². The van der Waals surface area contributed by atoms with Crippen LogP contribution in [0.3, 0.4) is 0 Å². The Morgan fingerprint density at radius 3 is 2.77 bits per heavy atom. The van der Waals surface area contributed by atoms with Gasteiger partial charge in [-0.3, -0.25) is 0 Å². The molecule has 1 aliphatic heterocycles. The van der Waals surface area contributed by atoms with Crippen LogP contribution in [0.2, 0.25) is 5.15 Å². The zero-order valence-electron chi connectivity index (χ0n) is 14.5. The normalized spacial score (nSPS) is 13.4. The van der Waals surface area contributed by atoms with Gasteiger partial charge in [0.05, 0.1) is 5.69 Å². The molecule has 4 heterocycles. The molecule has 4 rings (SSSR count). The highest BCUT2D eigenvalue weighted by molar-refractivity contribution is 6.29. The van der Waals surface area contributed by atoms with Crippen molar-refractivity contribution >= 4 is 23.2 Å². The van der Waals surface area contributed by atoms with Crippen LogP contribution in [0.4, 0.5) is 11.6 Å². The van der Waals surface area contributed by atoms with Crippen molar-refractivity contribution in [2.75, 3.05) is 16.8 Å². The fourth-order valence-electron chi connectivity index (χ4n) is 3.03. The number of hydrogen-bond donors (Lipinski definition) is 1. The molecule has 0 aromatic carbocycles. The summed E-state index contributed by atoms with van der Waals surface area (Å²) >= 11 is 5.84. The van der Waals surface area contributed by atoms with Crippen LogP contribution in [0.25, 0.3) is 0 Å². The molecule has 6 nitrogen and oxygen atoms in total. The van der Waals surface area contributed by atoms with Gasteiger partial charge < -0.3 is 10.2 Å². The monoisotopic (exact) mass is 366 g/mol. The number of hydrogen-bond acceptors (Lipinski definition) is 6. The Hall–Kier alpha value is -2.73. The average molecular weight is 367 g/mol. The fraction of sp³-hybridized carbons (Fsp3) is 0.263. The van der Waals surface area contributed by atoms with Crippen molar-refractivity contribution < 1.29 is 0 Å². The third-order valence-corrected chi connectivity index (χ3v) is 4.69. The van der Waals surface area contributed by atoms with Gasteiger partial charge in [0.15, 0.2) is 0 Å². The van der Waals surface area contributed by atoms with E-state index in [1.54, 1.807) is 18.6 Å². The molecule has 7 heteroatoms. The van der Waals surface area contributed by atoms with Gasteiger partial charge in [0.25, 0.3) is 0 Å². The SMILES string of the molecule is Cc1ccc(N2CCc3ncnc(NCc4ccc(Cl)nc4)c3C2)nc1. The first kappa shape index (κ1) is 16.7. The number of nitrogens with one attached hydrogen (secondary N) is 1. The summed E-state index contributed by atoms with van der Waals surface area (Å²) < 4.78 is 0. The number of anilines is 2. The van der Waals surface area contributed by atoms with Gasteiger partial charge in [0.1, 0.15) is 23.1 Å². The molecule has 0 fully saturated rings. The van der Waals surface area contributed by atoms with E-state index in [1.165, 1.54) is 0 Å². The number of halogens is 1. The third-order valence-electron chi connectivity index (χ3n) is 4.47. The lowest BCUT2D eigenvalue weighted by Crippen LogP contribution is -2.32. The van der Waals surface area contributed by atoms with Crippen LogP contribution in [-0.2, 0) is 19.5 Å². The molecular formula is C19H19ClN6. The molecular weight excluding hydrogens is 348 g/mol. The predicted molar refractivity (Wildman–Crippen MR) is 102 cm³/mol. The molecule has 132 valence electrons. The maximum atomic E-state index is 5.84. The number of nitrogens with zero attached hydrogens (tertiary/aromatic N) is 5. The van der Waals surface area contributed by atoms with Crippen LogP contribution in [0.15, 0.2) is 43.0 Å². The summed E-state index contributed by atoms with van der Waals surface area (Å²) in [5, 5.41) is 3.90. The topological polar surface area (TPSA) is 66.8 Å². The molecule has 1 N–H and O–H groups in total. The van der Waals surface area contributed by atoms with Crippen molar-refractivity contribution in [3.05, 3.63) is 70.5 Å². The first-order valence-corrected chi connectivity index (χ1v) is 8.91. The Morgan fingerprint density at radius 1 is 1.08 bits per heavy atom. The lowest BCUT2D eigenvalue weighted by Gasteiger charge is -2.30. The maximum absolute atomic E-state index is 5.84. The first-order chi connectivity index (χ1) is 12.7. The zero-order chi connectivity index (χ0) is 17.9. The molecule has 3 aromatic heterocycles. The second-order valence-electron chi connectivity index (χ2n) is 6.36. The van der Waals surface area contributed by atoms with E-state index in [-0.39, 0.29) is 0 Å². The van der Waals surface area contributed by atoms with Crippen LogP contribution in [0.1, 0.15) is 22.4 Å². The summed E-state index contributed by atoms with van der Waals surface area (Å²) in [5.41, 5.74) is 4.44. The Morgan fingerprint density at radius 2 is 2.00 bits per heavy atom. The largest absolute Gasteiger partial charge is 0.366 e. The lowest BCUT2D eigenvalue weighted by molar-refractivity contribution is 0.697. The maximum Gasteiger partial charge on any atom is 0.134 e. The van der Waals surface area contributed by atoms with Gasteiger partial charge in [-0.2, -0.15) is 0 Å². The summed E-state index contributed by atoms with van der Waals surface area (Å²) in [6.07, 6.45) is 6.18. The number of pyridine rings is 2. The molecule has 0 unspecified atom stereocenters. The quantitative estimate of drug-likeness (QED) is 0.714. The molecule has 3 aromatic rings. The molecule has 0 aliphatic carbocycles. The molecule has 0 spiro atoms. The van der Waals surface area contributed by atoms with E-state index in [4.69, 9.17) is 11.6 Å². The zero-order valence-corrected chi connectivity index (χ0v) is 15.2. The smallest absolute Gasteiger partial charge is 0.134 e. The molecule has 1 aliphatic rings. The van der Waals surface area contributed by atoms with Gasteiger partial charge in [-0.1, -0.05) is 23.7 Å². The van der Waals surface area contributed by atoms with E-state index in [2.05, 4.69) is 42.3 Å². The van der Waals surface area contributed by atoms with Gasteiger partial charge in [0, 0.05) is 44.0 Å². The van der Waals surface area contributed by atoms with Crippen molar-refractivity contribution in [3.63, 3.8) is 0 Å². The standard InChI is InChI=1S/C19H19ClN6/c1-13-2-5-18(22-8-13)26-7-6-16-15(11-26)19(25-12-24-16)23-10-14-3-4-17(20)21-9-14/h2-5,8-9,12H,6-7,10-11H2,1H3,(H,23,24,25). The van der Waals surface area contributed by atoms with Crippen LogP contribution in [0, 0.1) is 6.92 Å². The minimum atomic E-state index is 0.495. The summed E-state index contributed by atoms with van der Waals surface area (Å²) in [6, 6.07) is 7.90. The average Bonchev–Trinajstić information content (AvgIpc) is 2.68. The summed E-state index contributed by atoms with van der Waals surface area (Å²) in [4.78, 5) is 19.8. The van der Waals surface area contributed by atoms with Crippen LogP contribution < -0.4 is 10.2 Å². The minimum Gasteiger partial charge on any atom is -0.366 e. The van der Waals surface area contributed by atoms with Crippen LogP contribution >= 0.6 is 11.6 Å². The van der Waals surface area contributed by atoms with E-state index in [0.717, 1.165) is 53.5 Å². The fourth-order valence-corrected chi connectivity index (χ4v) is 3.14. The van der Waals surface area contributed by atoms with Crippen molar-refractivity contribution in [2.45, 2.75) is 26.4 Å². The van der Waals surface area contributed by atoms with Crippen LogP contribution in [-0.4, -0.2) is 26.5 Å². The third kappa shape index (κ3) is 3.60. The summed E-state index contributed by atoms with van der Waals surface area (Å²) in [5.74, 6) is 1.85. The van der Waals surface area contributed by atoms with Crippen LogP contribution in [0.5, 0.6) is 0 Å². The van der Waals surface area contributed by atoms with E-state index in [9.17, 15) is 0 Å². The second kappa shape index (κ2) is 7.25. The van der Waals surface area contributed by atoms with Crippen molar-refractivity contribution in [1.29, 1.82) is 0 Å². The highest BCUT2D eigenvalue weighted by Crippen LogP contribution is 2.26. The van der Waals surface area contributed by atoms with Crippen molar-refractivity contribution in [1.82, 2.24) is 19.9 Å². The van der Waals surface area contributed by atoms with Gasteiger partial charge in [-0.05, 0) is 30.2 Å². The van der Waals surface area contributed by atoms with E-state index >= 15 is 0 Å². The highest BCUT2D eigenvalue weighted by atomic mass is 35.5. The van der Waals surface area contributed by atoms with Crippen molar-refractivity contribution in [3.8, 4) is 0 Å². The molecule has 26 heavy (non-hydrogen) atoms. The Balaban J connectivity index is 1.53. The van der Waals surface area contributed by atoms with E-state index in [1.807, 2.05) is 19.2 Å². The molecule has 0 saturated heterocycles. The Bertz CT molecular complexity index is 895. The van der Waals surface area contributed by atoms with Crippen molar-refractivity contribution in [2.24, 2.45) is 0 Å². The predicted octanol–water partition coefficient (Wildman–Crippen LogP) is 3.40. The molecule has 0 amide bonds. The van der Waals surface area contributed by atoms with Gasteiger partial charge in [0.2, 0.25) is 0 Å². The number of aromatic nitrogens is 4. The number of fused-ring (bicyclic) bond motifs is 1.